The number of nitrogens with one attached hydrogen (secondary N) is 1. The molecule has 1 aromatic carbocycles. The molecule has 2 aromatic heterocycles. The van der Waals surface area contributed by atoms with Crippen molar-refractivity contribution in [3.63, 3.8) is 0 Å². The highest BCUT2D eigenvalue weighted by atomic mass is 32.1. The van der Waals surface area contributed by atoms with Crippen LogP contribution in [0.25, 0.3) is 0 Å². The monoisotopic (exact) mass is 381 g/mol. The fourth-order valence-electron chi connectivity index (χ4n) is 2.85. The van der Waals surface area contributed by atoms with Gasteiger partial charge in [0, 0.05) is 24.9 Å². The van der Waals surface area contributed by atoms with Crippen molar-refractivity contribution in [2.75, 3.05) is 13.7 Å². The van der Waals surface area contributed by atoms with Crippen LogP contribution in [0.5, 0.6) is 5.75 Å². The number of pyridine rings is 1. The van der Waals surface area contributed by atoms with E-state index in [0.29, 0.717) is 11.4 Å². The van der Waals surface area contributed by atoms with E-state index in [1.807, 2.05) is 49.4 Å². The Balaban J connectivity index is 1.54. The van der Waals surface area contributed by atoms with E-state index in [2.05, 4.69) is 15.3 Å². The number of aromatic nitrogens is 2. The second kappa shape index (κ2) is 9.28. The lowest BCUT2D eigenvalue weighted by Crippen LogP contribution is -2.25. The molecule has 2 heterocycles. The molecular formula is C21H23N3O2S. The SMILES string of the molecule is COc1ccccc1CCNC(=O)c1sc(CCc2ccccn2)nc1C. The number of aryl methyl sites for hydroxylation is 3. The largest absolute Gasteiger partial charge is 0.496 e. The Hall–Kier alpha value is -2.73. The van der Waals surface area contributed by atoms with Crippen LogP contribution >= 0.6 is 11.3 Å². The van der Waals surface area contributed by atoms with Crippen LogP contribution in [0.1, 0.15) is 31.6 Å². The molecule has 0 saturated heterocycles. The molecule has 0 saturated carbocycles. The Morgan fingerprint density at radius 1 is 1.11 bits per heavy atom. The van der Waals surface area contributed by atoms with E-state index >= 15 is 0 Å². The number of nitrogens with zero attached hydrogens (tertiary/aromatic N) is 2. The first-order valence-electron chi connectivity index (χ1n) is 8.93. The highest BCUT2D eigenvalue weighted by molar-refractivity contribution is 7.13. The van der Waals surface area contributed by atoms with Gasteiger partial charge in [0.1, 0.15) is 10.6 Å². The first-order valence-corrected chi connectivity index (χ1v) is 9.75. The quantitative estimate of drug-likeness (QED) is 0.647. The number of rotatable bonds is 8. The summed E-state index contributed by atoms with van der Waals surface area (Å²) in [5, 5.41) is 3.96. The molecule has 3 aromatic rings. The summed E-state index contributed by atoms with van der Waals surface area (Å²) < 4.78 is 5.35. The van der Waals surface area contributed by atoms with Crippen LogP contribution in [-0.2, 0) is 19.3 Å². The molecular weight excluding hydrogens is 358 g/mol. The predicted octanol–water partition coefficient (Wildman–Crippen LogP) is 3.61. The predicted molar refractivity (Wildman–Crippen MR) is 108 cm³/mol. The van der Waals surface area contributed by atoms with E-state index in [4.69, 9.17) is 4.74 Å². The maximum atomic E-state index is 12.5. The maximum absolute atomic E-state index is 12.5. The Bertz CT molecular complexity index is 893. The van der Waals surface area contributed by atoms with Gasteiger partial charge in [0.2, 0.25) is 0 Å². The summed E-state index contributed by atoms with van der Waals surface area (Å²) in [5.41, 5.74) is 2.90. The van der Waals surface area contributed by atoms with E-state index in [9.17, 15) is 4.79 Å². The summed E-state index contributed by atoms with van der Waals surface area (Å²) in [6, 6.07) is 13.7. The zero-order chi connectivity index (χ0) is 19.1. The number of hydrogen-bond acceptors (Lipinski definition) is 5. The summed E-state index contributed by atoms with van der Waals surface area (Å²) in [6.45, 7) is 2.44. The minimum absolute atomic E-state index is 0.0658. The number of thiazole rings is 1. The first-order chi connectivity index (χ1) is 13.2. The lowest BCUT2D eigenvalue weighted by Gasteiger charge is -2.08. The molecule has 3 rings (SSSR count). The van der Waals surface area contributed by atoms with Crippen molar-refractivity contribution in [3.05, 3.63) is 75.5 Å². The van der Waals surface area contributed by atoms with Crippen LogP contribution < -0.4 is 10.1 Å². The van der Waals surface area contributed by atoms with Gasteiger partial charge >= 0.3 is 0 Å². The number of carbonyl (C=O) groups excluding carboxylic acids is 1. The molecule has 1 amide bonds. The molecule has 0 aliphatic carbocycles. The fourth-order valence-corrected chi connectivity index (χ4v) is 3.83. The molecule has 0 aliphatic heterocycles. The summed E-state index contributed by atoms with van der Waals surface area (Å²) >= 11 is 1.47. The molecule has 0 atom stereocenters. The van der Waals surface area contributed by atoms with Crippen molar-refractivity contribution >= 4 is 17.2 Å². The molecule has 5 nitrogen and oxygen atoms in total. The van der Waals surface area contributed by atoms with Crippen LogP contribution in [-0.4, -0.2) is 29.5 Å². The number of ether oxygens (including phenoxy) is 1. The molecule has 0 fully saturated rings. The highest BCUT2D eigenvalue weighted by Gasteiger charge is 2.15. The topological polar surface area (TPSA) is 64.1 Å². The molecule has 6 heteroatoms. The first kappa shape index (κ1) is 19.0. The smallest absolute Gasteiger partial charge is 0.263 e. The molecule has 1 N–H and O–H groups in total. The molecule has 140 valence electrons. The standard InChI is InChI=1S/C21H23N3O2S/c1-15-20(27-19(24-15)11-10-17-8-5-6-13-22-17)21(25)23-14-12-16-7-3-4-9-18(16)26-2/h3-9,13H,10-12,14H2,1-2H3,(H,23,25). The Morgan fingerprint density at radius 3 is 2.70 bits per heavy atom. The van der Waals surface area contributed by atoms with Gasteiger partial charge in [0.15, 0.2) is 0 Å². The van der Waals surface area contributed by atoms with Crippen molar-refractivity contribution in [2.24, 2.45) is 0 Å². The van der Waals surface area contributed by atoms with Crippen molar-refractivity contribution in [3.8, 4) is 5.75 Å². The van der Waals surface area contributed by atoms with Crippen LogP contribution in [0.15, 0.2) is 48.7 Å². The summed E-state index contributed by atoms with van der Waals surface area (Å²) in [6.07, 6.45) is 4.13. The molecule has 0 aliphatic rings. The Morgan fingerprint density at radius 2 is 1.93 bits per heavy atom. The molecule has 0 bridgehead atoms. The van der Waals surface area contributed by atoms with E-state index in [1.165, 1.54) is 11.3 Å². The third-order valence-electron chi connectivity index (χ3n) is 4.24. The Kier molecular flexibility index (Phi) is 6.54. The maximum Gasteiger partial charge on any atom is 0.263 e. The fraction of sp³-hybridized carbons (Fsp3) is 0.286. The number of methoxy groups -OCH3 is 1. The molecule has 0 unspecified atom stereocenters. The minimum atomic E-state index is -0.0658. The van der Waals surface area contributed by atoms with E-state index in [-0.39, 0.29) is 5.91 Å². The van der Waals surface area contributed by atoms with Crippen molar-refractivity contribution < 1.29 is 9.53 Å². The van der Waals surface area contributed by atoms with E-state index < -0.39 is 0 Å². The van der Waals surface area contributed by atoms with Crippen LogP contribution in [0.4, 0.5) is 0 Å². The zero-order valence-electron chi connectivity index (χ0n) is 15.6. The van der Waals surface area contributed by atoms with Gasteiger partial charge in [0.25, 0.3) is 5.91 Å². The van der Waals surface area contributed by atoms with Crippen molar-refractivity contribution in [2.45, 2.75) is 26.2 Å². The molecule has 27 heavy (non-hydrogen) atoms. The van der Waals surface area contributed by atoms with Crippen molar-refractivity contribution in [1.82, 2.24) is 15.3 Å². The van der Waals surface area contributed by atoms with Crippen LogP contribution in [0.2, 0.25) is 0 Å². The summed E-state index contributed by atoms with van der Waals surface area (Å²) in [7, 11) is 1.66. The number of benzene rings is 1. The number of amides is 1. The van der Waals surface area contributed by atoms with Gasteiger partial charge in [0.05, 0.1) is 17.8 Å². The number of hydrogen-bond donors (Lipinski definition) is 1. The summed E-state index contributed by atoms with van der Waals surface area (Å²) in [4.78, 5) is 22.1. The van der Waals surface area contributed by atoms with Crippen molar-refractivity contribution in [1.29, 1.82) is 0 Å². The van der Waals surface area contributed by atoms with Gasteiger partial charge in [-0.3, -0.25) is 9.78 Å². The Labute approximate surface area is 163 Å². The lowest BCUT2D eigenvalue weighted by atomic mass is 10.1. The lowest BCUT2D eigenvalue weighted by molar-refractivity contribution is 0.0957. The summed E-state index contributed by atoms with van der Waals surface area (Å²) in [5.74, 6) is 0.779. The zero-order valence-corrected chi connectivity index (χ0v) is 16.4. The van der Waals surface area contributed by atoms with E-state index in [0.717, 1.165) is 47.0 Å². The van der Waals surface area contributed by atoms with Gasteiger partial charge in [-0.2, -0.15) is 0 Å². The van der Waals surface area contributed by atoms with Crippen LogP contribution in [0, 0.1) is 6.92 Å². The van der Waals surface area contributed by atoms with E-state index in [1.54, 1.807) is 13.3 Å². The number of para-hydroxylation sites is 1. The second-order valence-electron chi connectivity index (χ2n) is 6.16. The number of carbonyl (C=O) groups is 1. The average Bonchev–Trinajstić information content (AvgIpc) is 3.08. The normalized spacial score (nSPS) is 10.6. The minimum Gasteiger partial charge on any atom is -0.496 e. The molecule has 0 radical (unpaired) electrons. The van der Waals surface area contributed by atoms with Gasteiger partial charge in [-0.25, -0.2) is 4.98 Å². The average molecular weight is 382 g/mol. The third-order valence-corrected chi connectivity index (χ3v) is 5.46. The molecule has 0 spiro atoms. The second-order valence-corrected chi connectivity index (χ2v) is 7.24. The van der Waals surface area contributed by atoms with Gasteiger partial charge < -0.3 is 10.1 Å². The third kappa shape index (κ3) is 5.14. The van der Waals surface area contributed by atoms with Gasteiger partial charge in [-0.1, -0.05) is 24.3 Å². The van der Waals surface area contributed by atoms with Gasteiger partial charge in [-0.05, 0) is 43.5 Å². The van der Waals surface area contributed by atoms with Crippen LogP contribution in [0.3, 0.4) is 0 Å². The highest BCUT2D eigenvalue weighted by Crippen LogP contribution is 2.20. The van der Waals surface area contributed by atoms with Gasteiger partial charge in [-0.15, -0.1) is 11.3 Å².